The van der Waals surface area contributed by atoms with Gasteiger partial charge in [-0.1, -0.05) is 12.7 Å². The molecule has 1 aromatic carbocycles. The number of aromatic hydroxyl groups is 1. The fourth-order valence-electron chi connectivity index (χ4n) is 0.819. The Bertz CT molecular complexity index is 333. The Hall–Kier alpha value is -1.84. The first kappa shape index (κ1) is 8.26. The van der Waals surface area contributed by atoms with E-state index in [9.17, 15) is 10.1 Å². The summed E-state index contributed by atoms with van der Waals surface area (Å²) in [6.07, 6.45) is 1.36. The molecule has 1 rings (SSSR count). The molecular weight excluding hydrogens is 158 g/mol. The van der Waals surface area contributed by atoms with Gasteiger partial charge < -0.3 is 5.11 Å². The zero-order valence-corrected chi connectivity index (χ0v) is 6.23. The van der Waals surface area contributed by atoms with Crippen LogP contribution in [-0.2, 0) is 0 Å². The van der Waals surface area contributed by atoms with Gasteiger partial charge in [0.2, 0.25) is 0 Å². The second kappa shape index (κ2) is 3.04. The van der Waals surface area contributed by atoms with E-state index in [0.717, 1.165) is 0 Å². The number of nitrogens with zero attached hydrogens (tertiary/aromatic N) is 1. The van der Waals surface area contributed by atoms with Gasteiger partial charge in [-0.05, 0) is 6.07 Å². The molecule has 1 aromatic rings. The average Bonchev–Trinajstić information content (AvgIpc) is 2.05. The number of benzene rings is 1. The van der Waals surface area contributed by atoms with E-state index in [2.05, 4.69) is 6.58 Å². The lowest BCUT2D eigenvalue weighted by Gasteiger charge is -1.97. The first-order chi connectivity index (χ1) is 5.65. The smallest absolute Gasteiger partial charge is 0.270 e. The van der Waals surface area contributed by atoms with Gasteiger partial charge in [-0.25, -0.2) is 0 Å². The highest BCUT2D eigenvalue weighted by molar-refractivity contribution is 5.58. The van der Waals surface area contributed by atoms with Crippen molar-refractivity contribution in [2.75, 3.05) is 0 Å². The van der Waals surface area contributed by atoms with Crippen molar-refractivity contribution >= 4 is 11.8 Å². The number of phenolic OH excluding ortho intramolecular Hbond substituents is 1. The van der Waals surface area contributed by atoms with Crippen molar-refractivity contribution in [2.24, 2.45) is 0 Å². The van der Waals surface area contributed by atoms with E-state index in [4.69, 9.17) is 5.11 Å². The lowest BCUT2D eigenvalue weighted by molar-refractivity contribution is -0.384. The first-order valence-corrected chi connectivity index (χ1v) is 3.25. The van der Waals surface area contributed by atoms with Crippen LogP contribution in [0.4, 0.5) is 5.69 Å². The van der Waals surface area contributed by atoms with Gasteiger partial charge >= 0.3 is 0 Å². The minimum Gasteiger partial charge on any atom is -0.507 e. The van der Waals surface area contributed by atoms with E-state index in [1.807, 2.05) is 0 Å². The van der Waals surface area contributed by atoms with E-state index in [0.29, 0.717) is 5.56 Å². The van der Waals surface area contributed by atoms with Crippen LogP contribution in [0.15, 0.2) is 24.8 Å². The Balaban J connectivity index is 3.22. The van der Waals surface area contributed by atoms with Crippen molar-refractivity contribution in [3.05, 3.63) is 40.5 Å². The van der Waals surface area contributed by atoms with Crippen LogP contribution in [0.1, 0.15) is 5.56 Å². The third kappa shape index (κ3) is 1.42. The summed E-state index contributed by atoms with van der Waals surface area (Å²) in [4.78, 5) is 9.75. The molecule has 0 spiro atoms. The standard InChI is InChI=1S/C8H7NO3/c1-2-6-5-7(9(11)12)3-4-8(6)10/h2-5,10H,1H2. The van der Waals surface area contributed by atoms with E-state index in [1.165, 1.54) is 24.3 Å². The average molecular weight is 165 g/mol. The van der Waals surface area contributed by atoms with Crippen LogP contribution < -0.4 is 0 Å². The molecule has 0 atom stereocenters. The van der Waals surface area contributed by atoms with Crippen molar-refractivity contribution < 1.29 is 10.0 Å². The van der Waals surface area contributed by atoms with Crippen LogP contribution in [-0.4, -0.2) is 10.0 Å². The van der Waals surface area contributed by atoms with Crippen LogP contribution in [0.3, 0.4) is 0 Å². The fraction of sp³-hybridized carbons (Fsp3) is 0. The van der Waals surface area contributed by atoms with E-state index in [-0.39, 0.29) is 11.4 Å². The number of nitro groups is 1. The Morgan fingerprint density at radius 2 is 2.25 bits per heavy atom. The summed E-state index contributed by atoms with van der Waals surface area (Å²) in [5, 5.41) is 19.4. The highest BCUT2D eigenvalue weighted by atomic mass is 16.6. The monoisotopic (exact) mass is 165 g/mol. The molecule has 12 heavy (non-hydrogen) atoms. The zero-order valence-electron chi connectivity index (χ0n) is 6.23. The Morgan fingerprint density at radius 1 is 1.58 bits per heavy atom. The molecule has 0 radical (unpaired) electrons. The quantitative estimate of drug-likeness (QED) is 0.538. The summed E-state index contributed by atoms with van der Waals surface area (Å²) < 4.78 is 0. The molecule has 0 aromatic heterocycles. The lowest BCUT2D eigenvalue weighted by atomic mass is 10.2. The van der Waals surface area contributed by atoms with E-state index >= 15 is 0 Å². The molecule has 1 N–H and O–H groups in total. The van der Waals surface area contributed by atoms with Gasteiger partial charge in [-0.2, -0.15) is 0 Å². The maximum atomic E-state index is 10.3. The number of hydrogen-bond donors (Lipinski definition) is 1. The van der Waals surface area contributed by atoms with Gasteiger partial charge in [0, 0.05) is 17.7 Å². The minimum atomic E-state index is -0.521. The fourth-order valence-corrected chi connectivity index (χ4v) is 0.819. The molecule has 62 valence electrons. The highest BCUT2D eigenvalue weighted by Crippen LogP contribution is 2.23. The number of nitro benzene ring substituents is 1. The molecule has 4 nitrogen and oxygen atoms in total. The normalized spacial score (nSPS) is 9.33. The van der Waals surface area contributed by atoms with Crippen molar-refractivity contribution in [3.63, 3.8) is 0 Å². The Kier molecular flexibility index (Phi) is 2.09. The Morgan fingerprint density at radius 3 is 2.75 bits per heavy atom. The third-order valence-corrected chi connectivity index (χ3v) is 1.44. The van der Waals surface area contributed by atoms with Gasteiger partial charge in [-0.3, -0.25) is 10.1 Å². The number of hydrogen-bond acceptors (Lipinski definition) is 3. The van der Waals surface area contributed by atoms with Crippen LogP contribution in [0.25, 0.3) is 6.08 Å². The molecule has 0 saturated heterocycles. The summed E-state index contributed by atoms with van der Waals surface area (Å²) in [7, 11) is 0. The van der Waals surface area contributed by atoms with Gasteiger partial charge in [0.25, 0.3) is 5.69 Å². The molecule has 0 fully saturated rings. The summed E-state index contributed by atoms with van der Waals surface area (Å²) in [5.41, 5.74) is 0.312. The van der Waals surface area contributed by atoms with Crippen molar-refractivity contribution in [3.8, 4) is 5.75 Å². The second-order valence-corrected chi connectivity index (χ2v) is 2.20. The predicted molar refractivity (Wildman–Crippen MR) is 44.9 cm³/mol. The van der Waals surface area contributed by atoms with Crippen LogP contribution in [0, 0.1) is 10.1 Å². The van der Waals surface area contributed by atoms with Gasteiger partial charge in [0.05, 0.1) is 4.92 Å². The predicted octanol–water partition coefficient (Wildman–Crippen LogP) is 1.94. The maximum Gasteiger partial charge on any atom is 0.270 e. The summed E-state index contributed by atoms with van der Waals surface area (Å²) in [6, 6.07) is 3.78. The van der Waals surface area contributed by atoms with Gasteiger partial charge in [0.15, 0.2) is 0 Å². The minimum absolute atomic E-state index is 0.00407. The van der Waals surface area contributed by atoms with Crippen molar-refractivity contribution in [1.29, 1.82) is 0 Å². The van der Waals surface area contributed by atoms with E-state index in [1.54, 1.807) is 0 Å². The number of non-ortho nitro benzene ring substituents is 1. The molecular formula is C8H7NO3. The van der Waals surface area contributed by atoms with E-state index < -0.39 is 4.92 Å². The van der Waals surface area contributed by atoms with Crippen LogP contribution in [0.2, 0.25) is 0 Å². The molecule has 0 bridgehead atoms. The molecule has 0 saturated carbocycles. The molecule has 0 aliphatic heterocycles. The van der Waals surface area contributed by atoms with Crippen molar-refractivity contribution in [2.45, 2.75) is 0 Å². The Labute approximate surface area is 68.9 Å². The van der Waals surface area contributed by atoms with Crippen LogP contribution >= 0.6 is 0 Å². The molecule has 0 unspecified atom stereocenters. The van der Waals surface area contributed by atoms with Gasteiger partial charge in [-0.15, -0.1) is 0 Å². The summed E-state index contributed by atoms with van der Waals surface area (Å²) in [6.45, 7) is 3.41. The molecule has 0 aliphatic rings. The molecule has 0 heterocycles. The second-order valence-electron chi connectivity index (χ2n) is 2.20. The first-order valence-electron chi connectivity index (χ1n) is 3.25. The lowest BCUT2D eigenvalue weighted by Crippen LogP contribution is -1.87. The number of phenols is 1. The topological polar surface area (TPSA) is 63.4 Å². The molecule has 0 aliphatic carbocycles. The number of rotatable bonds is 2. The molecule has 4 heteroatoms. The summed E-state index contributed by atoms with van der Waals surface area (Å²) in [5.74, 6) is -0.00407. The SMILES string of the molecule is C=Cc1cc([N+](=O)[O-])ccc1O. The van der Waals surface area contributed by atoms with Gasteiger partial charge in [0.1, 0.15) is 5.75 Å². The van der Waals surface area contributed by atoms with Crippen LogP contribution in [0.5, 0.6) is 5.75 Å². The summed E-state index contributed by atoms with van der Waals surface area (Å²) >= 11 is 0. The van der Waals surface area contributed by atoms with Crippen molar-refractivity contribution in [1.82, 2.24) is 0 Å². The highest BCUT2D eigenvalue weighted by Gasteiger charge is 2.07. The zero-order chi connectivity index (χ0) is 9.14. The largest absolute Gasteiger partial charge is 0.507 e. The molecule has 0 amide bonds. The third-order valence-electron chi connectivity index (χ3n) is 1.44. The maximum absolute atomic E-state index is 10.3.